The van der Waals surface area contributed by atoms with Gasteiger partial charge in [0.1, 0.15) is 5.75 Å². The van der Waals surface area contributed by atoms with Gasteiger partial charge in [-0.15, -0.1) is 0 Å². The smallest absolute Gasteiger partial charge is 0.277 e. The number of carbonyl (C=O) groups is 1. The van der Waals surface area contributed by atoms with E-state index in [2.05, 4.69) is 10.5 Å². The second kappa shape index (κ2) is 10.2. The van der Waals surface area contributed by atoms with Crippen molar-refractivity contribution in [3.05, 3.63) is 53.1 Å². The summed E-state index contributed by atoms with van der Waals surface area (Å²) < 4.78 is 16.6. The lowest BCUT2D eigenvalue weighted by Crippen LogP contribution is -2.24. The quantitative estimate of drug-likeness (QED) is 0.541. The molecule has 2 aromatic carbocycles. The van der Waals surface area contributed by atoms with Gasteiger partial charge in [-0.3, -0.25) is 4.79 Å². The van der Waals surface area contributed by atoms with E-state index in [9.17, 15) is 4.79 Å². The van der Waals surface area contributed by atoms with Gasteiger partial charge in [0.25, 0.3) is 5.91 Å². The van der Waals surface area contributed by atoms with Gasteiger partial charge in [0.15, 0.2) is 18.1 Å². The van der Waals surface area contributed by atoms with E-state index in [0.29, 0.717) is 30.5 Å². The van der Waals surface area contributed by atoms with Crippen LogP contribution in [0.25, 0.3) is 0 Å². The third-order valence-corrected chi connectivity index (χ3v) is 3.54. The number of nitrogens with zero attached hydrogens (tertiary/aromatic N) is 1. The van der Waals surface area contributed by atoms with Gasteiger partial charge in [0.2, 0.25) is 0 Å². The average Bonchev–Trinajstić information content (AvgIpc) is 2.62. The maximum absolute atomic E-state index is 11.9. The first kappa shape index (κ1) is 20.3. The van der Waals surface area contributed by atoms with Gasteiger partial charge in [0.05, 0.1) is 19.4 Å². The Balaban J connectivity index is 1.90. The first-order chi connectivity index (χ1) is 13.0. The van der Waals surface area contributed by atoms with Gasteiger partial charge in [0, 0.05) is 0 Å². The van der Waals surface area contributed by atoms with Gasteiger partial charge >= 0.3 is 0 Å². The highest BCUT2D eigenvalue weighted by molar-refractivity contribution is 5.83. The highest BCUT2D eigenvalue weighted by Crippen LogP contribution is 2.27. The Morgan fingerprint density at radius 2 is 1.63 bits per heavy atom. The molecule has 27 heavy (non-hydrogen) atoms. The van der Waals surface area contributed by atoms with Crippen LogP contribution in [0.3, 0.4) is 0 Å². The van der Waals surface area contributed by atoms with Crippen LogP contribution in [0.2, 0.25) is 0 Å². The first-order valence-electron chi connectivity index (χ1n) is 8.94. The fourth-order valence-electron chi connectivity index (χ4n) is 2.52. The number of nitrogens with one attached hydrogen (secondary N) is 1. The molecule has 0 fully saturated rings. The Morgan fingerprint density at radius 1 is 0.963 bits per heavy atom. The van der Waals surface area contributed by atoms with Crippen LogP contribution in [-0.2, 0) is 4.79 Å². The van der Waals surface area contributed by atoms with Crippen molar-refractivity contribution in [1.82, 2.24) is 5.43 Å². The van der Waals surface area contributed by atoms with Crippen LogP contribution in [0.15, 0.2) is 41.5 Å². The molecule has 0 saturated heterocycles. The van der Waals surface area contributed by atoms with Crippen LogP contribution in [0, 0.1) is 13.8 Å². The van der Waals surface area contributed by atoms with Crippen molar-refractivity contribution in [3.8, 4) is 17.2 Å². The first-order valence-corrected chi connectivity index (χ1v) is 8.94. The standard InChI is InChI=1S/C21H26N2O4/c1-5-25-19-8-7-17(12-20(19)26-6-2)13-22-23-21(24)14-27-18-10-15(3)9-16(4)11-18/h7-13H,5-6,14H2,1-4H3,(H,23,24)/b22-13-. The normalized spacial score (nSPS) is 10.7. The molecule has 144 valence electrons. The average molecular weight is 370 g/mol. The molecule has 0 aliphatic carbocycles. The van der Waals surface area contributed by atoms with E-state index in [4.69, 9.17) is 14.2 Å². The lowest BCUT2D eigenvalue weighted by molar-refractivity contribution is -0.123. The molecule has 0 aliphatic rings. The summed E-state index contributed by atoms with van der Waals surface area (Å²) in [6.45, 7) is 8.78. The number of amides is 1. The van der Waals surface area contributed by atoms with Gasteiger partial charge in [-0.1, -0.05) is 6.07 Å². The zero-order valence-electron chi connectivity index (χ0n) is 16.2. The van der Waals surface area contributed by atoms with Crippen molar-refractivity contribution in [1.29, 1.82) is 0 Å². The van der Waals surface area contributed by atoms with Crippen LogP contribution in [0.5, 0.6) is 17.2 Å². The van der Waals surface area contributed by atoms with Crippen LogP contribution >= 0.6 is 0 Å². The molecule has 1 amide bonds. The van der Waals surface area contributed by atoms with E-state index < -0.39 is 0 Å². The van der Waals surface area contributed by atoms with Gasteiger partial charge in [-0.25, -0.2) is 5.43 Å². The lowest BCUT2D eigenvalue weighted by atomic mass is 10.1. The van der Waals surface area contributed by atoms with Crippen molar-refractivity contribution < 1.29 is 19.0 Å². The summed E-state index contributed by atoms with van der Waals surface area (Å²) >= 11 is 0. The van der Waals surface area contributed by atoms with Crippen molar-refractivity contribution in [2.45, 2.75) is 27.7 Å². The maximum Gasteiger partial charge on any atom is 0.277 e. The number of hydrogen-bond donors (Lipinski definition) is 1. The summed E-state index contributed by atoms with van der Waals surface area (Å²) in [6, 6.07) is 11.3. The third kappa shape index (κ3) is 6.66. The number of hydrogen-bond acceptors (Lipinski definition) is 5. The van der Waals surface area contributed by atoms with Crippen LogP contribution in [0.1, 0.15) is 30.5 Å². The maximum atomic E-state index is 11.9. The Hall–Kier alpha value is -3.02. The predicted octanol–water partition coefficient (Wildman–Crippen LogP) is 3.63. The SMILES string of the molecule is CCOc1ccc(/C=N\NC(=O)COc2cc(C)cc(C)c2)cc1OCC. The van der Waals surface area contributed by atoms with Gasteiger partial charge in [-0.2, -0.15) is 5.10 Å². The third-order valence-electron chi connectivity index (χ3n) is 3.54. The summed E-state index contributed by atoms with van der Waals surface area (Å²) in [4.78, 5) is 11.9. The molecule has 0 heterocycles. The van der Waals surface area contributed by atoms with Crippen LogP contribution < -0.4 is 19.6 Å². The summed E-state index contributed by atoms with van der Waals surface area (Å²) in [6.07, 6.45) is 1.55. The van der Waals surface area contributed by atoms with E-state index in [1.807, 2.05) is 64.1 Å². The fraction of sp³-hybridized carbons (Fsp3) is 0.333. The van der Waals surface area contributed by atoms with Gasteiger partial charge < -0.3 is 14.2 Å². The molecule has 2 aromatic rings. The summed E-state index contributed by atoms with van der Waals surface area (Å²) in [5.74, 6) is 1.66. The van der Waals surface area contributed by atoms with E-state index in [-0.39, 0.29) is 12.5 Å². The molecular weight excluding hydrogens is 344 g/mol. The van der Waals surface area contributed by atoms with E-state index in [1.165, 1.54) is 0 Å². The highest BCUT2D eigenvalue weighted by atomic mass is 16.5. The molecule has 2 rings (SSSR count). The number of benzene rings is 2. The molecule has 6 nitrogen and oxygen atoms in total. The minimum atomic E-state index is -0.332. The van der Waals surface area contributed by atoms with Gasteiger partial charge in [-0.05, 0) is 74.7 Å². The number of aryl methyl sites for hydroxylation is 2. The Morgan fingerprint density at radius 3 is 2.30 bits per heavy atom. The molecule has 1 N–H and O–H groups in total. The molecule has 0 radical (unpaired) electrons. The monoisotopic (exact) mass is 370 g/mol. The minimum absolute atomic E-state index is 0.103. The molecule has 0 saturated carbocycles. The van der Waals surface area contributed by atoms with Crippen LogP contribution in [0.4, 0.5) is 0 Å². The largest absolute Gasteiger partial charge is 0.490 e. The van der Waals surface area contributed by atoms with Crippen molar-refractivity contribution in [3.63, 3.8) is 0 Å². The molecule has 0 aromatic heterocycles. The van der Waals surface area contributed by atoms with Crippen molar-refractivity contribution in [2.24, 2.45) is 5.10 Å². The molecule has 0 atom stereocenters. The molecule has 0 bridgehead atoms. The molecule has 6 heteroatoms. The second-order valence-electron chi connectivity index (χ2n) is 5.98. The highest BCUT2D eigenvalue weighted by Gasteiger charge is 2.06. The Kier molecular flexibility index (Phi) is 7.67. The molecular formula is C21H26N2O4. The summed E-state index contributed by atoms with van der Waals surface area (Å²) in [7, 11) is 0. The summed E-state index contributed by atoms with van der Waals surface area (Å²) in [5, 5.41) is 3.96. The second-order valence-corrected chi connectivity index (χ2v) is 5.98. The van der Waals surface area contributed by atoms with E-state index in [1.54, 1.807) is 6.21 Å². The predicted molar refractivity (Wildman–Crippen MR) is 106 cm³/mol. The summed E-state index contributed by atoms with van der Waals surface area (Å²) in [5.41, 5.74) is 5.42. The number of rotatable bonds is 9. The topological polar surface area (TPSA) is 69.2 Å². The van der Waals surface area contributed by atoms with E-state index in [0.717, 1.165) is 16.7 Å². The molecule has 0 unspecified atom stereocenters. The molecule has 0 spiro atoms. The Bertz CT molecular complexity index is 783. The van der Waals surface area contributed by atoms with Crippen molar-refractivity contribution >= 4 is 12.1 Å². The number of hydrazone groups is 1. The number of carbonyl (C=O) groups excluding carboxylic acids is 1. The molecule has 0 aliphatic heterocycles. The fourth-order valence-corrected chi connectivity index (χ4v) is 2.52. The number of ether oxygens (including phenoxy) is 3. The minimum Gasteiger partial charge on any atom is -0.490 e. The van der Waals surface area contributed by atoms with Crippen molar-refractivity contribution in [2.75, 3.05) is 19.8 Å². The zero-order valence-corrected chi connectivity index (χ0v) is 16.2. The Labute approximate surface area is 160 Å². The zero-order chi connectivity index (χ0) is 19.6. The van der Waals surface area contributed by atoms with Crippen LogP contribution in [-0.4, -0.2) is 31.9 Å². The lowest BCUT2D eigenvalue weighted by Gasteiger charge is -2.11. The van der Waals surface area contributed by atoms with E-state index >= 15 is 0 Å².